The maximum absolute atomic E-state index is 12.5. The molecule has 0 unspecified atom stereocenters. The van der Waals surface area contributed by atoms with Gasteiger partial charge >= 0.3 is 0 Å². The topological polar surface area (TPSA) is 41.6 Å². The van der Waals surface area contributed by atoms with Crippen LogP contribution in [-0.2, 0) is 0 Å². The highest BCUT2D eigenvalue weighted by Crippen LogP contribution is 2.26. The first-order chi connectivity index (χ1) is 12.2. The van der Waals surface area contributed by atoms with Crippen molar-refractivity contribution in [2.24, 2.45) is 0 Å². The Bertz CT molecular complexity index is 712. The van der Waals surface area contributed by atoms with E-state index in [2.05, 4.69) is 38.3 Å². The van der Waals surface area contributed by atoms with Crippen LogP contribution in [0.4, 0.5) is 0 Å². The molecule has 2 aromatic carbocycles. The van der Waals surface area contributed by atoms with Crippen molar-refractivity contribution < 1.29 is 9.53 Å². The standard InChI is InChI=1S/C20H23BrN2O2/c1-25-18-9-7-15(8-10-18)19(23-11-2-3-12-23)14-22-20(24)16-5-4-6-17(21)13-16/h4-10,13,19H,2-3,11-12,14H2,1H3,(H,22,24)/t19-/m0/s1. The Morgan fingerprint density at radius 3 is 2.56 bits per heavy atom. The fourth-order valence-electron chi connectivity index (χ4n) is 3.26. The first-order valence-electron chi connectivity index (χ1n) is 8.59. The van der Waals surface area contributed by atoms with Crippen molar-refractivity contribution in [2.75, 3.05) is 26.7 Å². The van der Waals surface area contributed by atoms with Crippen molar-refractivity contribution in [1.82, 2.24) is 10.2 Å². The van der Waals surface area contributed by atoms with E-state index in [0.29, 0.717) is 12.1 Å². The Morgan fingerprint density at radius 2 is 1.92 bits per heavy atom. The molecule has 4 nitrogen and oxygen atoms in total. The predicted octanol–water partition coefficient (Wildman–Crippen LogP) is 4.02. The van der Waals surface area contributed by atoms with Crippen molar-refractivity contribution in [3.63, 3.8) is 0 Å². The Kier molecular flexibility index (Phi) is 6.10. The van der Waals surface area contributed by atoms with Gasteiger partial charge in [0.1, 0.15) is 5.75 Å². The molecule has 0 bridgehead atoms. The molecule has 1 amide bonds. The molecular formula is C20H23BrN2O2. The molecule has 132 valence electrons. The lowest BCUT2D eigenvalue weighted by molar-refractivity contribution is 0.0938. The second-order valence-corrected chi connectivity index (χ2v) is 7.17. The van der Waals surface area contributed by atoms with E-state index in [1.54, 1.807) is 7.11 Å². The molecule has 1 aliphatic rings. The number of hydrogen-bond acceptors (Lipinski definition) is 3. The largest absolute Gasteiger partial charge is 0.497 e. The SMILES string of the molecule is COc1ccc([C@H](CNC(=O)c2cccc(Br)c2)N2CCCC2)cc1. The van der Waals surface area contributed by atoms with Gasteiger partial charge in [0.15, 0.2) is 0 Å². The summed E-state index contributed by atoms with van der Waals surface area (Å²) in [5.74, 6) is 0.807. The molecule has 1 heterocycles. The Balaban J connectivity index is 1.72. The average Bonchev–Trinajstić information content (AvgIpc) is 3.16. The maximum Gasteiger partial charge on any atom is 0.251 e. The van der Waals surface area contributed by atoms with E-state index in [1.807, 2.05) is 36.4 Å². The molecule has 0 saturated carbocycles. The number of amides is 1. The van der Waals surface area contributed by atoms with E-state index in [9.17, 15) is 4.79 Å². The van der Waals surface area contributed by atoms with Gasteiger partial charge in [0, 0.05) is 16.6 Å². The van der Waals surface area contributed by atoms with Crippen molar-refractivity contribution in [3.05, 3.63) is 64.1 Å². The van der Waals surface area contributed by atoms with Crippen molar-refractivity contribution in [1.29, 1.82) is 0 Å². The number of methoxy groups -OCH3 is 1. The molecule has 2 aromatic rings. The van der Waals surface area contributed by atoms with Crippen LogP contribution in [0.15, 0.2) is 53.0 Å². The van der Waals surface area contributed by atoms with E-state index in [0.717, 1.165) is 23.3 Å². The van der Waals surface area contributed by atoms with Gasteiger partial charge in [-0.15, -0.1) is 0 Å². The molecule has 3 rings (SSSR count). The fraction of sp³-hybridized carbons (Fsp3) is 0.350. The second kappa shape index (κ2) is 8.50. The zero-order chi connectivity index (χ0) is 17.6. The first-order valence-corrected chi connectivity index (χ1v) is 9.38. The summed E-state index contributed by atoms with van der Waals surface area (Å²) in [7, 11) is 1.67. The molecule has 1 saturated heterocycles. The summed E-state index contributed by atoms with van der Waals surface area (Å²) in [4.78, 5) is 14.9. The monoisotopic (exact) mass is 402 g/mol. The van der Waals surface area contributed by atoms with Crippen LogP contribution >= 0.6 is 15.9 Å². The number of nitrogens with one attached hydrogen (secondary N) is 1. The number of carbonyl (C=O) groups excluding carboxylic acids is 1. The minimum absolute atomic E-state index is 0.0426. The van der Waals surface area contributed by atoms with E-state index in [1.165, 1.54) is 18.4 Å². The molecule has 25 heavy (non-hydrogen) atoms. The minimum Gasteiger partial charge on any atom is -0.497 e. The predicted molar refractivity (Wildman–Crippen MR) is 103 cm³/mol. The average molecular weight is 403 g/mol. The van der Waals surface area contributed by atoms with Gasteiger partial charge in [-0.3, -0.25) is 9.69 Å². The van der Waals surface area contributed by atoms with Crippen LogP contribution in [0.25, 0.3) is 0 Å². The highest BCUT2D eigenvalue weighted by atomic mass is 79.9. The molecule has 5 heteroatoms. The van der Waals surface area contributed by atoms with Crippen LogP contribution in [0.2, 0.25) is 0 Å². The fourth-order valence-corrected chi connectivity index (χ4v) is 3.66. The Hall–Kier alpha value is -1.85. The summed E-state index contributed by atoms with van der Waals surface area (Å²) in [6.45, 7) is 2.74. The molecule has 0 spiro atoms. The van der Waals surface area contributed by atoms with E-state index in [-0.39, 0.29) is 11.9 Å². The van der Waals surface area contributed by atoms with Gasteiger partial charge < -0.3 is 10.1 Å². The highest BCUT2D eigenvalue weighted by Gasteiger charge is 2.24. The van der Waals surface area contributed by atoms with E-state index < -0.39 is 0 Å². The number of rotatable bonds is 6. The molecule has 1 N–H and O–H groups in total. The van der Waals surface area contributed by atoms with E-state index >= 15 is 0 Å². The third kappa shape index (κ3) is 4.61. The first kappa shape index (κ1) is 18.0. The molecule has 0 radical (unpaired) electrons. The number of halogens is 1. The van der Waals surface area contributed by atoms with Gasteiger partial charge in [0.25, 0.3) is 5.91 Å². The highest BCUT2D eigenvalue weighted by molar-refractivity contribution is 9.10. The summed E-state index contributed by atoms with van der Waals surface area (Å²) >= 11 is 3.41. The molecule has 0 aromatic heterocycles. The van der Waals surface area contributed by atoms with Crippen LogP contribution in [0.3, 0.4) is 0 Å². The van der Waals surface area contributed by atoms with Crippen molar-refractivity contribution in [2.45, 2.75) is 18.9 Å². The van der Waals surface area contributed by atoms with Crippen LogP contribution in [0.1, 0.15) is 34.8 Å². The van der Waals surface area contributed by atoms with Crippen LogP contribution in [0.5, 0.6) is 5.75 Å². The number of benzene rings is 2. The maximum atomic E-state index is 12.5. The van der Waals surface area contributed by atoms with Crippen molar-refractivity contribution in [3.8, 4) is 5.75 Å². The summed E-state index contributed by atoms with van der Waals surface area (Å²) in [6.07, 6.45) is 2.43. The number of carbonyl (C=O) groups is 1. The molecule has 1 atom stereocenters. The summed E-state index contributed by atoms with van der Waals surface area (Å²) in [6, 6.07) is 15.8. The Labute approximate surface area is 157 Å². The Morgan fingerprint density at radius 1 is 1.20 bits per heavy atom. The van der Waals surface area contributed by atoms with Crippen molar-refractivity contribution >= 4 is 21.8 Å². The smallest absolute Gasteiger partial charge is 0.251 e. The van der Waals surface area contributed by atoms with Gasteiger partial charge in [0.2, 0.25) is 0 Å². The number of likely N-dealkylation sites (tertiary alicyclic amines) is 1. The second-order valence-electron chi connectivity index (χ2n) is 6.25. The number of nitrogens with zero attached hydrogens (tertiary/aromatic N) is 1. The van der Waals surface area contributed by atoms with E-state index in [4.69, 9.17) is 4.74 Å². The number of hydrogen-bond donors (Lipinski definition) is 1. The van der Waals surface area contributed by atoms with Gasteiger partial charge in [-0.05, 0) is 61.8 Å². The molecule has 1 aliphatic heterocycles. The molecule has 1 fully saturated rings. The van der Waals surface area contributed by atoms with Crippen LogP contribution in [-0.4, -0.2) is 37.6 Å². The van der Waals surface area contributed by atoms with Gasteiger partial charge in [0.05, 0.1) is 13.2 Å². The summed E-state index contributed by atoms with van der Waals surface area (Å²) < 4.78 is 6.16. The zero-order valence-electron chi connectivity index (χ0n) is 14.4. The quantitative estimate of drug-likeness (QED) is 0.792. The lowest BCUT2D eigenvalue weighted by Crippen LogP contribution is -2.36. The van der Waals surface area contributed by atoms with Crippen LogP contribution < -0.4 is 10.1 Å². The molecule has 0 aliphatic carbocycles. The molecular weight excluding hydrogens is 380 g/mol. The minimum atomic E-state index is -0.0426. The lowest BCUT2D eigenvalue weighted by atomic mass is 10.0. The zero-order valence-corrected chi connectivity index (χ0v) is 16.0. The summed E-state index contributed by atoms with van der Waals surface area (Å²) in [5.41, 5.74) is 1.88. The van der Waals surface area contributed by atoms with Gasteiger partial charge in [-0.1, -0.05) is 34.1 Å². The lowest BCUT2D eigenvalue weighted by Gasteiger charge is -2.28. The normalized spacial score (nSPS) is 15.8. The third-order valence-corrected chi connectivity index (χ3v) is 5.12. The van der Waals surface area contributed by atoms with Gasteiger partial charge in [-0.2, -0.15) is 0 Å². The van der Waals surface area contributed by atoms with Gasteiger partial charge in [-0.25, -0.2) is 0 Å². The van der Waals surface area contributed by atoms with Crippen LogP contribution in [0, 0.1) is 0 Å². The number of ether oxygens (including phenoxy) is 1. The third-order valence-electron chi connectivity index (χ3n) is 4.62. The summed E-state index contributed by atoms with van der Waals surface area (Å²) in [5, 5.41) is 3.10.